The molecule has 21 heavy (non-hydrogen) atoms. The maximum Gasteiger partial charge on any atom is 0.307 e. The van der Waals surface area contributed by atoms with Crippen LogP contribution in [0.25, 0.3) is 0 Å². The Balaban J connectivity index is 1.65. The molecule has 0 spiro atoms. The van der Waals surface area contributed by atoms with Crippen molar-refractivity contribution in [3.05, 3.63) is 30.0 Å². The van der Waals surface area contributed by atoms with Crippen LogP contribution in [0.5, 0.6) is 0 Å². The number of carbonyl (C=O) groups is 2. The average Bonchev–Trinajstić information content (AvgIpc) is 3.18. The number of nitrogens with zero attached hydrogens (tertiary/aromatic N) is 1. The first-order valence-corrected chi connectivity index (χ1v) is 7.22. The van der Waals surface area contributed by atoms with Crippen molar-refractivity contribution < 1.29 is 19.1 Å². The number of aliphatic carboxylic acids is 1. The van der Waals surface area contributed by atoms with Crippen LogP contribution < -0.4 is 5.32 Å². The lowest BCUT2D eigenvalue weighted by molar-refractivity contribution is -0.147. The van der Waals surface area contributed by atoms with E-state index in [1.54, 1.807) is 6.20 Å². The van der Waals surface area contributed by atoms with Gasteiger partial charge in [0.15, 0.2) is 0 Å². The maximum absolute atomic E-state index is 12.3. The van der Waals surface area contributed by atoms with E-state index in [2.05, 4.69) is 10.3 Å². The Morgan fingerprint density at radius 3 is 2.71 bits per heavy atom. The van der Waals surface area contributed by atoms with Gasteiger partial charge in [0.25, 0.3) is 0 Å². The molecule has 2 bridgehead atoms. The topological polar surface area (TPSA) is 92.4 Å². The van der Waals surface area contributed by atoms with E-state index in [4.69, 9.17) is 4.42 Å². The molecule has 0 aliphatic heterocycles. The van der Waals surface area contributed by atoms with Crippen molar-refractivity contribution in [1.82, 2.24) is 10.3 Å². The highest BCUT2D eigenvalue weighted by Crippen LogP contribution is 2.48. The van der Waals surface area contributed by atoms with Gasteiger partial charge in [-0.25, -0.2) is 4.98 Å². The molecule has 1 aromatic heterocycles. The van der Waals surface area contributed by atoms with E-state index in [1.165, 1.54) is 0 Å². The fraction of sp³-hybridized carbons (Fsp3) is 0.533. The number of aromatic nitrogens is 1. The minimum Gasteiger partial charge on any atom is -0.481 e. The van der Waals surface area contributed by atoms with Crippen LogP contribution in [-0.2, 0) is 22.6 Å². The molecule has 0 saturated heterocycles. The van der Waals surface area contributed by atoms with E-state index >= 15 is 0 Å². The van der Waals surface area contributed by atoms with Crippen LogP contribution in [0.15, 0.2) is 22.8 Å². The molecule has 1 heterocycles. The van der Waals surface area contributed by atoms with Gasteiger partial charge < -0.3 is 14.8 Å². The van der Waals surface area contributed by atoms with E-state index < -0.39 is 17.8 Å². The zero-order valence-electron chi connectivity index (χ0n) is 11.8. The van der Waals surface area contributed by atoms with Crippen molar-refractivity contribution in [3.63, 3.8) is 0 Å². The molecule has 6 nitrogen and oxygen atoms in total. The van der Waals surface area contributed by atoms with Gasteiger partial charge in [-0.3, -0.25) is 9.59 Å². The second-order valence-electron chi connectivity index (χ2n) is 5.63. The van der Waals surface area contributed by atoms with Crippen LogP contribution in [0, 0.1) is 23.7 Å². The summed E-state index contributed by atoms with van der Waals surface area (Å²) in [6.45, 7) is 2.16. The Labute approximate surface area is 122 Å². The molecular weight excluding hydrogens is 272 g/mol. The van der Waals surface area contributed by atoms with E-state index in [0.29, 0.717) is 5.89 Å². The minimum atomic E-state index is -0.892. The SMILES string of the molecule is CCc1cnc(CNC(=O)C2C3C=CC(C3)C2C(=O)O)o1. The lowest BCUT2D eigenvalue weighted by Gasteiger charge is -2.23. The summed E-state index contributed by atoms with van der Waals surface area (Å²) in [5.74, 6) is -0.986. The molecular formula is C15H18N2O4. The number of amides is 1. The Bertz CT molecular complexity index is 592. The third-order valence-electron chi connectivity index (χ3n) is 4.41. The van der Waals surface area contributed by atoms with Gasteiger partial charge in [-0.1, -0.05) is 19.1 Å². The molecule has 2 aliphatic carbocycles. The Kier molecular flexibility index (Phi) is 3.53. The zero-order valence-corrected chi connectivity index (χ0v) is 11.8. The van der Waals surface area contributed by atoms with Crippen LogP contribution in [0.4, 0.5) is 0 Å². The predicted octanol–water partition coefficient (Wildman–Crippen LogP) is 1.38. The number of allylic oxidation sites excluding steroid dienone is 2. The molecule has 1 fully saturated rings. The lowest BCUT2D eigenvalue weighted by atomic mass is 9.82. The Hall–Kier alpha value is -2.11. The van der Waals surface area contributed by atoms with Crippen molar-refractivity contribution in [3.8, 4) is 0 Å². The molecule has 0 aromatic carbocycles. The fourth-order valence-electron chi connectivity index (χ4n) is 3.39. The highest BCUT2D eigenvalue weighted by molar-refractivity contribution is 5.86. The summed E-state index contributed by atoms with van der Waals surface area (Å²) in [7, 11) is 0. The first-order valence-electron chi connectivity index (χ1n) is 7.22. The van der Waals surface area contributed by atoms with Gasteiger partial charge in [-0.2, -0.15) is 0 Å². The van der Waals surface area contributed by atoms with Gasteiger partial charge in [-0.15, -0.1) is 0 Å². The Morgan fingerprint density at radius 2 is 2.10 bits per heavy atom. The smallest absolute Gasteiger partial charge is 0.307 e. The number of fused-ring (bicyclic) bond motifs is 2. The summed E-state index contributed by atoms with van der Waals surface area (Å²) < 4.78 is 5.43. The molecule has 112 valence electrons. The van der Waals surface area contributed by atoms with Gasteiger partial charge in [0.05, 0.1) is 24.6 Å². The molecule has 0 radical (unpaired) electrons. The number of hydrogen-bond acceptors (Lipinski definition) is 4. The molecule has 2 aliphatic rings. The average molecular weight is 290 g/mol. The summed E-state index contributed by atoms with van der Waals surface area (Å²) in [4.78, 5) is 27.8. The highest BCUT2D eigenvalue weighted by Gasteiger charge is 2.51. The first kappa shape index (κ1) is 13.9. The van der Waals surface area contributed by atoms with Gasteiger partial charge in [0.2, 0.25) is 11.8 Å². The summed E-state index contributed by atoms with van der Waals surface area (Å²) in [6, 6.07) is 0. The maximum atomic E-state index is 12.3. The quantitative estimate of drug-likeness (QED) is 0.799. The zero-order chi connectivity index (χ0) is 15.0. The number of nitrogens with one attached hydrogen (secondary N) is 1. The van der Waals surface area contributed by atoms with Crippen LogP contribution in [-0.4, -0.2) is 22.0 Å². The monoisotopic (exact) mass is 290 g/mol. The standard InChI is InChI=1S/C15H18N2O4/c1-2-10-6-16-11(21-10)7-17-14(18)12-8-3-4-9(5-8)13(12)15(19)20/h3-4,6,8-9,12-13H,2,5,7H2,1H3,(H,17,18)(H,19,20). The van der Waals surface area contributed by atoms with Gasteiger partial charge in [0, 0.05) is 6.42 Å². The summed E-state index contributed by atoms with van der Waals surface area (Å²) in [6.07, 6.45) is 7.04. The summed E-state index contributed by atoms with van der Waals surface area (Å²) in [5, 5.41) is 12.1. The highest BCUT2D eigenvalue weighted by atomic mass is 16.4. The van der Waals surface area contributed by atoms with E-state index in [1.807, 2.05) is 19.1 Å². The number of carbonyl (C=O) groups excluding carboxylic acids is 1. The molecule has 1 aromatic rings. The number of hydrogen-bond donors (Lipinski definition) is 2. The second-order valence-corrected chi connectivity index (χ2v) is 5.63. The summed E-state index contributed by atoms with van der Waals surface area (Å²) in [5.41, 5.74) is 0. The predicted molar refractivity (Wildman–Crippen MR) is 73.1 cm³/mol. The molecule has 4 unspecified atom stereocenters. The third-order valence-corrected chi connectivity index (χ3v) is 4.41. The van der Waals surface area contributed by atoms with E-state index in [9.17, 15) is 14.7 Å². The second kappa shape index (κ2) is 5.35. The number of carboxylic acid groups (broad SMARTS) is 1. The molecule has 2 N–H and O–H groups in total. The lowest BCUT2D eigenvalue weighted by Crippen LogP contribution is -2.39. The van der Waals surface area contributed by atoms with Crippen molar-refractivity contribution in [1.29, 1.82) is 0 Å². The molecule has 1 saturated carbocycles. The number of oxazole rings is 1. The van der Waals surface area contributed by atoms with Gasteiger partial charge in [-0.05, 0) is 18.3 Å². The van der Waals surface area contributed by atoms with Crippen molar-refractivity contribution in [2.24, 2.45) is 23.7 Å². The number of aryl methyl sites for hydroxylation is 1. The summed E-state index contributed by atoms with van der Waals surface area (Å²) >= 11 is 0. The van der Waals surface area contributed by atoms with E-state index in [0.717, 1.165) is 18.6 Å². The largest absolute Gasteiger partial charge is 0.481 e. The van der Waals surface area contributed by atoms with Crippen molar-refractivity contribution >= 4 is 11.9 Å². The third kappa shape index (κ3) is 2.46. The number of rotatable bonds is 5. The van der Waals surface area contributed by atoms with Crippen LogP contribution in [0.1, 0.15) is 25.0 Å². The fourth-order valence-corrected chi connectivity index (χ4v) is 3.39. The Morgan fingerprint density at radius 1 is 1.38 bits per heavy atom. The van der Waals surface area contributed by atoms with Crippen LogP contribution >= 0.6 is 0 Å². The first-order chi connectivity index (χ1) is 10.1. The molecule has 4 atom stereocenters. The van der Waals surface area contributed by atoms with E-state index in [-0.39, 0.29) is 24.3 Å². The van der Waals surface area contributed by atoms with Crippen LogP contribution in [0.3, 0.4) is 0 Å². The van der Waals surface area contributed by atoms with Crippen molar-refractivity contribution in [2.75, 3.05) is 0 Å². The van der Waals surface area contributed by atoms with Gasteiger partial charge >= 0.3 is 5.97 Å². The van der Waals surface area contributed by atoms with Crippen LogP contribution in [0.2, 0.25) is 0 Å². The normalized spacial score (nSPS) is 29.8. The van der Waals surface area contributed by atoms with Gasteiger partial charge in [0.1, 0.15) is 5.76 Å². The van der Waals surface area contributed by atoms with Crippen molar-refractivity contribution in [2.45, 2.75) is 26.3 Å². The molecule has 3 rings (SSSR count). The molecule has 6 heteroatoms. The number of carboxylic acids is 1. The minimum absolute atomic E-state index is 0.0170. The molecule has 1 amide bonds.